The highest BCUT2D eigenvalue weighted by atomic mass is 32.2. The lowest BCUT2D eigenvalue weighted by molar-refractivity contribution is 0.0488. The van der Waals surface area contributed by atoms with E-state index in [1.165, 1.54) is 0 Å². The van der Waals surface area contributed by atoms with Crippen LogP contribution < -0.4 is 10.0 Å². The molecule has 1 amide bonds. The third-order valence-electron chi connectivity index (χ3n) is 4.53. The number of aryl methyl sites for hydroxylation is 1. The molecule has 7 heteroatoms. The van der Waals surface area contributed by atoms with Crippen molar-refractivity contribution >= 4 is 16.1 Å². The van der Waals surface area contributed by atoms with Gasteiger partial charge in [-0.05, 0) is 51.3 Å². The van der Waals surface area contributed by atoms with E-state index in [9.17, 15) is 13.2 Å². The number of ether oxygens (including phenoxy) is 1. The van der Waals surface area contributed by atoms with Crippen LogP contribution in [0.2, 0.25) is 0 Å². The summed E-state index contributed by atoms with van der Waals surface area (Å²) >= 11 is 0. The molecule has 0 aromatic heterocycles. The standard InChI is InChI=1S/C23H32N2O4S/c1-16(2)20(25-30(27,28)19-14-12-17(3)13-15-19)21(18-10-8-7-9-11-18)24-22(26)29-23(4,5)6/h7-16,20-21,25H,1-6H3,(H,24,26)/t20-,21-/m1/s1. The molecule has 0 saturated heterocycles. The molecule has 164 valence electrons. The average molecular weight is 433 g/mol. The summed E-state index contributed by atoms with van der Waals surface area (Å²) in [6.07, 6.45) is -0.600. The number of carbonyl (C=O) groups is 1. The monoisotopic (exact) mass is 432 g/mol. The van der Waals surface area contributed by atoms with E-state index in [-0.39, 0.29) is 10.8 Å². The molecule has 6 nitrogen and oxygen atoms in total. The Bertz CT molecular complexity index is 933. The molecule has 2 atom stereocenters. The fourth-order valence-corrected chi connectivity index (χ4v) is 4.43. The van der Waals surface area contributed by atoms with Crippen LogP contribution in [-0.2, 0) is 14.8 Å². The van der Waals surface area contributed by atoms with Crippen molar-refractivity contribution in [1.29, 1.82) is 0 Å². The van der Waals surface area contributed by atoms with Gasteiger partial charge in [-0.15, -0.1) is 0 Å². The molecule has 0 radical (unpaired) electrons. The third kappa shape index (κ3) is 6.85. The first-order chi connectivity index (χ1) is 13.9. The van der Waals surface area contributed by atoms with E-state index in [0.29, 0.717) is 0 Å². The van der Waals surface area contributed by atoms with E-state index in [0.717, 1.165) is 11.1 Å². The Morgan fingerprint density at radius 1 is 0.967 bits per heavy atom. The van der Waals surface area contributed by atoms with E-state index in [2.05, 4.69) is 10.0 Å². The van der Waals surface area contributed by atoms with Crippen molar-refractivity contribution in [3.05, 3.63) is 65.7 Å². The number of rotatable bonds is 7. The molecule has 2 N–H and O–H groups in total. The molecule has 2 rings (SSSR count). The molecule has 0 saturated carbocycles. The Balaban J connectivity index is 2.38. The van der Waals surface area contributed by atoms with Gasteiger partial charge < -0.3 is 10.1 Å². The van der Waals surface area contributed by atoms with Crippen LogP contribution in [-0.4, -0.2) is 26.2 Å². The molecule has 0 aliphatic carbocycles. The van der Waals surface area contributed by atoms with E-state index in [1.54, 1.807) is 45.0 Å². The summed E-state index contributed by atoms with van der Waals surface area (Å²) in [6.45, 7) is 11.1. The summed E-state index contributed by atoms with van der Waals surface area (Å²) in [4.78, 5) is 12.7. The van der Waals surface area contributed by atoms with Gasteiger partial charge in [0.1, 0.15) is 5.60 Å². The summed E-state index contributed by atoms with van der Waals surface area (Å²) in [5, 5.41) is 2.87. The zero-order valence-electron chi connectivity index (χ0n) is 18.5. The van der Waals surface area contributed by atoms with Crippen LogP contribution in [0.25, 0.3) is 0 Å². The minimum atomic E-state index is -3.79. The van der Waals surface area contributed by atoms with E-state index in [4.69, 9.17) is 4.74 Å². The topological polar surface area (TPSA) is 84.5 Å². The number of sulfonamides is 1. The van der Waals surface area contributed by atoms with Gasteiger partial charge in [-0.25, -0.2) is 17.9 Å². The Hall–Kier alpha value is -2.38. The smallest absolute Gasteiger partial charge is 0.408 e. The van der Waals surface area contributed by atoms with Crippen LogP contribution >= 0.6 is 0 Å². The van der Waals surface area contributed by atoms with E-state index < -0.39 is 33.8 Å². The van der Waals surface area contributed by atoms with Gasteiger partial charge in [-0.3, -0.25) is 0 Å². The Labute approximate surface area is 180 Å². The normalized spacial score (nSPS) is 14.2. The highest BCUT2D eigenvalue weighted by molar-refractivity contribution is 7.89. The molecule has 30 heavy (non-hydrogen) atoms. The predicted molar refractivity (Wildman–Crippen MR) is 119 cm³/mol. The number of alkyl carbamates (subject to hydrolysis) is 1. The molecular weight excluding hydrogens is 400 g/mol. The fraction of sp³-hybridized carbons (Fsp3) is 0.435. The number of nitrogens with one attached hydrogen (secondary N) is 2. The quantitative estimate of drug-likeness (QED) is 0.671. The van der Waals surface area contributed by atoms with Crippen LogP contribution in [0.4, 0.5) is 4.79 Å². The summed E-state index contributed by atoms with van der Waals surface area (Å²) < 4.78 is 34.3. The first kappa shape index (κ1) is 23.9. The highest BCUT2D eigenvalue weighted by Gasteiger charge is 2.33. The fourth-order valence-electron chi connectivity index (χ4n) is 3.03. The lowest BCUT2D eigenvalue weighted by Crippen LogP contribution is -2.49. The first-order valence-corrected chi connectivity index (χ1v) is 11.5. The third-order valence-corrected chi connectivity index (χ3v) is 6.01. The number of benzene rings is 2. The van der Waals surface area contributed by atoms with E-state index >= 15 is 0 Å². The SMILES string of the molecule is Cc1ccc(S(=O)(=O)N[C@H](C(C)C)[C@H](NC(=O)OC(C)(C)C)c2ccccc2)cc1. The number of hydrogen-bond donors (Lipinski definition) is 2. The maximum absolute atomic E-state index is 13.1. The largest absolute Gasteiger partial charge is 0.444 e. The van der Waals surface area contributed by atoms with Crippen molar-refractivity contribution in [2.24, 2.45) is 5.92 Å². The second-order valence-electron chi connectivity index (χ2n) is 8.74. The summed E-state index contributed by atoms with van der Waals surface area (Å²) in [6, 6.07) is 14.8. The molecule has 2 aromatic carbocycles. The molecule has 0 aliphatic heterocycles. The highest BCUT2D eigenvalue weighted by Crippen LogP contribution is 2.25. The molecule has 2 aromatic rings. The van der Waals surface area contributed by atoms with Crippen LogP contribution in [0.5, 0.6) is 0 Å². The van der Waals surface area contributed by atoms with Gasteiger partial charge in [0.25, 0.3) is 0 Å². The zero-order valence-corrected chi connectivity index (χ0v) is 19.3. The number of hydrogen-bond acceptors (Lipinski definition) is 4. The van der Waals surface area contributed by atoms with Crippen LogP contribution in [0.3, 0.4) is 0 Å². The van der Waals surface area contributed by atoms with Gasteiger partial charge in [0.15, 0.2) is 0 Å². The van der Waals surface area contributed by atoms with Crippen LogP contribution in [0.1, 0.15) is 51.8 Å². The first-order valence-electron chi connectivity index (χ1n) is 10.0. The summed E-state index contributed by atoms with van der Waals surface area (Å²) in [5.74, 6) is -0.106. The van der Waals surface area contributed by atoms with Crippen molar-refractivity contribution in [3.63, 3.8) is 0 Å². The minimum Gasteiger partial charge on any atom is -0.444 e. The molecule has 0 aliphatic rings. The zero-order chi connectivity index (χ0) is 22.5. The second-order valence-corrected chi connectivity index (χ2v) is 10.5. The minimum absolute atomic E-state index is 0.106. The lowest BCUT2D eigenvalue weighted by atomic mass is 9.92. The van der Waals surface area contributed by atoms with Gasteiger partial charge in [0.05, 0.1) is 10.9 Å². The van der Waals surface area contributed by atoms with Gasteiger partial charge >= 0.3 is 6.09 Å². The van der Waals surface area contributed by atoms with Crippen molar-refractivity contribution < 1.29 is 17.9 Å². The molecular formula is C23H32N2O4S. The van der Waals surface area contributed by atoms with Crippen molar-refractivity contribution in [2.45, 2.75) is 64.1 Å². The van der Waals surface area contributed by atoms with Crippen LogP contribution in [0, 0.1) is 12.8 Å². The van der Waals surface area contributed by atoms with Crippen LogP contribution in [0.15, 0.2) is 59.5 Å². The van der Waals surface area contributed by atoms with E-state index in [1.807, 2.05) is 51.1 Å². The Morgan fingerprint density at radius 3 is 2.03 bits per heavy atom. The van der Waals surface area contributed by atoms with Gasteiger partial charge in [0.2, 0.25) is 10.0 Å². The molecule has 0 fully saturated rings. The Kier molecular flexibility index (Phi) is 7.66. The Morgan fingerprint density at radius 2 is 1.53 bits per heavy atom. The average Bonchev–Trinajstić information content (AvgIpc) is 2.64. The number of amides is 1. The maximum atomic E-state index is 13.1. The summed E-state index contributed by atoms with van der Waals surface area (Å²) in [7, 11) is -3.79. The predicted octanol–water partition coefficient (Wildman–Crippen LogP) is 4.56. The van der Waals surface area contributed by atoms with Gasteiger partial charge in [0, 0.05) is 6.04 Å². The van der Waals surface area contributed by atoms with Crippen molar-refractivity contribution in [1.82, 2.24) is 10.0 Å². The second kappa shape index (κ2) is 9.62. The number of carbonyl (C=O) groups excluding carboxylic acids is 1. The maximum Gasteiger partial charge on any atom is 0.408 e. The van der Waals surface area contributed by atoms with Gasteiger partial charge in [-0.2, -0.15) is 0 Å². The van der Waals surface area contributed by atoms with Crippen molar-refractivity contribution in [3.8, 4) is 0 Å². The lowest BCUT2D eigenvalue weighted by Gasteiger charge is -2.32. The van der Waals surface area contributed by atoms with Gasteiger partial charge in [-0.1, -0.05) is 61.9 Å². The molecule has 0 bridgehead atoms. The molecule has 0 spiro atoms. The summed E-state index contributed by atoms with van der Waals surface area (Å²) in [5.41, 5.74) is 1.09. The molecule has 0 unspecified atom stereocenters. The van der Waals surface area contributed by atoms with Crippen molar-refractivity contribution in [2.75, 3.05) is 0 Å². The molecule has 0 heterocycles.